The van der Waals surface area contributed by atoms with E-state index in [4.69, 9.17) is 0 Å². The van der Waals surface area contributed by atoms with Gasteiger partial charge in [0.05, 0.1) is 12.3 Å². The molecule has 2 heterocycles. The molecule has 29 heavy (non-hydrogen) atoms. The van der Waals surface area contributed by atoms with Crippen molar-refractivity contribution in [1.82, 2.24) is 14.9 Å². The van der Waals surface area contributed by atoms with Crippen LogP contribution in [0.1, 0.15) is 24.8 Å². The molecule has 4 amide bonds. The monoisotopic (exact) mass is 418 g/mol. The van der Waals surface area contributed by atoms with Gasteiger partial charge in [-0.05, 0) is 30.7 Å². The minimum absolute atomic E-state index is 0.0828. The zero-order valence-corrected chi connectivity index (χ0v) is 16.6. The van der Waals surface area contributed by atoms with Crippen LogP contribution in [0.25, 0.3) is 0 Å². The average Bonchev–Trinajstić information content (AvgIpc) is 3.11. The lowest BCUT2D eigenvalue weighted by atomic mass is 10.1. The van der Waals surface area contributed by atoms with Crippen LogP contribution in [0.2, 0.25) is 0 Å². The number of urea groups is 1. The first-order valence-corrected chi connectivity index (χ1v) is 11.0. The fourth-order valence-corrected chi connectivity index (χ4v) is 3.93. The molecule has 1 aromatic rings. The molecule has 0 aromatic heterocycles. The number of nitrogens with one attached hydrogen (secondary N) is 2. The summed E-state index contributed by atoms with van der Waals surface area (Å²) in [5.41, 5.74) is 1.46. The second kappa shape index (κ2) is 9.07. The van der Waals surface area contributed by atoms with Gasteiger partial charge in [0.1, 0.15) is 0 Å². The molecular weight excluding hydrogens is 396 g/mol. The normalized spacial score (nSPS) is 17.2. The van der Waals surface area contributed by atoms with Gasteiger partial charge >= 0.3 is 6.03 Å². The molecule has 2 aliphatic rings. The van der Waals surface area contributed by atoms with E-state index in [1.54, 1.807) is 29.2 Å². The second-order valence-electron chi connectivity index (χ2n) is 6.66. The number of imide groups is 1. The van der Waals surface area contributed by atoms with E-state index in [2.05, 4.69) is 21.9 Å². The molecule has 0 spiro atoms. The van der Waals surface area contributed by atoms with Crippen molar-refractivity contribution in [1.29, 1.82) is 0 Å². The number of nitrogens with zero attached hydrogens (tertiary/aromatic N) is 2. The molecule has 3 rings (SSSR count). The molecule has 10 heteroatoms. The van der Waals surface area contributed by atoms with Crippen molar-refractivity contribution in [3.05, 3.63) is 29.8 Å². The van der Waals surface area contributed by atoms with Crippen molar-refractivity contribution in [3.8, 4) is 11.8 Å². The number of hydrogen-bond acceptors (Lipinski definition) is 5. The maximum Gasteiger partial charge on any atom is 0.321 e. The summed E-state index contributed by atoms with van der Waals surface area (Å²) in [7, 11) is -3.66. The third-order valence-electron chi connectivity index (χ3n) is 4.62. The summed E-state index contributed by atoms with van der Waals surface area (Å²) in [6.45, 7) is 0.993. The number of carbonyl (C=O) groups excluding carboxylic acids is 3. The maximum absolute atomic E-state index is 12.0. The third kappa shape index (κ3) is 5.56. The Labute approximate surface area is 169 Å². The van der Waals surface area contributed by atoms with E-state index in [1.807, 2.05) is 0 Å². The Morgan fingerprint density at radius 3 is 2.38 bits per heavy atom. The van der Waals surface area contributed by atoms with E-state index in [-0.39, 0.29) is 49.5 Å². The van der Waals surface area contributed by atoms with Gasteiger partial charge in [-0.1, -0.05) is 11.8 Å². The highest BCUT2D eigenvalue weighted by atomic mass is 32.2. The number of carbonyl (C=O) groups is 3. The Morgan fingerprint density at radius 1 is 1.07 bits per heavy atom. The SMILES string of the molecule is O=C1CCCC(=O)N1CCS(=O)(=O)NCC#Cc1ccc(N2CCNC2=O)cc1. The lowest BCUT2D eigenvalue weighted by Crippen LogP contribution is -2.44. The summed E-state index contributed by atoms with van der Waals surface area (Å²) in [6.07, 6.45) is 1.05. The molecule has 9 nitrogen and oxygen atoms in total. The Bertz CT molecular complexity index is 947. The maximum atomic E-state index is 12.0. The van der Waals surface area contributed by atoms with E-state index in [0.29, 0.717) is 25.1 Å². The van der Waals surface area contributed by atoms with Crippen molar-refractivity contribution in [2.75, 3.05) is 36.8 Å². The molecule has 1 aromatic carbocycles. The van der Waals surface area contributed by atoms with Crippen LogP contribution in [-0.4, -0.2) is 63.1 Å². The summed E-state index contributed by atoms with van der Waals surface area (Å²) >= 11 is 0. The van der Waals surface area contributed by atoms with Gasteiger partial charge in [0.2, 0.25) is 21.8 Å². The van der Waals surface area contributed by atoms with E-state index in [0.717, 1.165) is 10.6 Å². The van der Waals surface area contributed by atoms with Crippen molar-refractivity contribution in [2.45, 2.75) is 19.3 Å². The van der Waals surface area contributed by atoms with Gasteiger partial charge in [-0.2, -0.15) is 0 Å². The fraction of sp³-hybridized carbons (Fsp3) is 0.421. The third-order valence-corrected chi connectivity index (χ3v) is 5.92. The second-order valence-corrected chi connectivity index (χ2v) is 8.59. The van der Waals surface area contributed by atoms with Crippen molar-refractivity contribution in [3.63, 3.8) is 0 Å². The predicted molar refractivity (Wildman–Crippen MR) is 106 cm³/mol. The van der Waals surface area contributed by atoms with Gasteiger partial charge < -0.3 is 5.32 Å². The number of benzene rings is 1. The Kier molecular flexibility index (Phi) is 6.51. The molecule has 0 bridgehead atoms. The number of anilines is 1. The first-order chi connectivity index (χ1) is 13.9. The van der Waals surface area contributed by atoms with Crippen LogP contribution < -0.4 is 14.9 Å². The van der Waals surface area contributed by atoms with E-state index in [9.17, 15) is 22.8 Å². The molecule has 0 atom stereocenters. The van der Waals surface area contributed by atoms with Crippen LogP contribution in [0, 0.1) is 11.8 Å². The molecule has 0 saturated carbocycles. The standard InChI is InChI=1S/C19H22N4O5S/c24-17-4-1-5-18(25)23(17)13-14-29(27,28)21-10-2-3-15-6-8-16(9-7-15)22-12-11-20-19(22)26/h6-9,21H,1,4-5,10-14H2,(H,20,26). The Morgan fingerprint density at radius 2 is 1.76 bits per heavy atom. The highest BCUT2D eigenvalue weighted by Crippen LogP contribution is 2.16. The minimum Gasteiger partial charge on any atom is -0.336 e. The smallest absolute Gasteiger partial charge is 0.321 e. The summed E-state index contributed by atoms with van der Waals surface area (Å²) in [6, 6.07) is 6.95. The number of amides is 4. The van der Waals surface area contributed by atoms with E-state index < -0.39 is 10.0 Å². The predicted octanol–water partition coefficient (Wildman–Crippen LogP) is 0.0262. The number of sulfonamides is 1. The number of hydrogen-bond donors (Lipinski definition) is 2. The summed E-state index contributed by atoms with van der Waals surface area (Å²) < 4.78 is 26.4. The van der Waals surface area contributed by atoms with Crippen LogP contribution in [0.5, 0.6) is 0 Å². The summed E-state index contributed by atoms with van der Waals surface area (Å²) in [5, 5.41) is 2.73. The largest absolute Gasteiger partial charge is 0.336 e. The quantitative estimate of drug-likeness (QED) is 0.499. The van der Waals surface area contributed by atoms with Gasteiger partial charge in [0.15, 0.2) is 0 Å². The highest BCUT2D eigenvalue weighted by molar-refractivity contribution is 7.89. The number of piperidine rings is 1. The summed E-state index contributed by atoms with van der Waals surface area (Å²) in [5.74, 6) is 4.58. The topological polar surface area (TPSA) is 116 Å². The fourth-order valence-electron chi connectivity index (χ4n) is 3.07. The Balaban J connectivity index is 1.48. The van der Waals surface area contributed by atoms with Gasteiger partial charge in [-0.25, -0.2) is 17.9 Å². The molecule has 0 unspecified atom stereocenters. The Hall–Kier alpha value is -2.90. The molecule has 0 radical (unpaired) electrons. The molecule has 2 saturated heterocycles. The minimum atomic E-state index is -3.66. The number of rotatable bonds is 6. The van der Waals surface area contributed by atoms with Crippen LogP contribution in [0.15, 0.2) is 24.3 Å². The molecule has 2 aliphatic heterocycles. The average molecular weight is 418 g/mol. The highest BCUT2D eigenvalue weighted by Gasteiger charge is 2.27. The van der Waals surface area contributed by atoms with Crippen molar-refractivity contribution >= 4 is 33.6 Å². The van der Waals surface area contributed by atoms with Crippen LogP contribution in [0.4, 0.5) is 10.5 Å². The molecular formula is C19H22N4O5S. The first kappa shape index (κ1) is 20.8. The summed E-state index contributed by atoms with van der Waals surface area (Å²) in [4.78, 5) is 37.7. The molecule has 0 aliphatic carbocycles. The van der Waals surface area contributed by atoms with Crippen LogP contribution in [-0.2, 0) is 19.6 Å². The van der Waals surface area contributed by atoms with Gasteiger partial charge in [-0.3, -0.25) is 19.4 Å². The molecule has 154 valence electrons. The zero-order valence-electron chi connectivity index (χ0n) is 15.8. The van der Waals surface area contributed by atoms with E-state index >= 15 is 0 Å². The lowest BCUT2D eigenvalue weighted by Gasteiger charge is -2.24. The molecule has 2 N–H and O–H groups in total. The van der Waals surface area contributed by atoms with Crippen molar-refractivity contribution in [2.24, 2.45) is 0 Å². The lowest BCUT2D eigenvalue weighted by molar-refractivity contribution is -0.147. The van der Waals surface area contributed by atoms with Crippen molar-refractivity contribution < 1.29 is 22.8 Å². The van der Waals surface area contributed by atoms with E-state index in [1.165, 1.54) is 0 Å². The van der Waals surface area contributed by atoms with Gasteiger partial charge in [-0.15, -0.1) is 0 Å². The van der Waals surface area contributed by atoms with Gasteiger partial charge in [0.25, 0.3) is 0 Å². The first-order valence-electron chi connectivity index (χ1n) is 9.30. The van der Waals surface area contributed by atoms with Gasteiger partial charge in [0, 0.05) is 43.7 Å². The van der Waals surface area contributed by atoms with Crippen LogP contribution >= 0.6 is 0 Å². The zero-order chi connectivity index (χ0) is 20.9. The molecule has 2 fully saturated rings. The number of likely N-dealkylation sites (tertiary alicyclic amines) is 1. The van der Waals surface area contributed by atoms with Crippen LogP contribution in [0.3, 0.4) is 0 Å².